The van der Waals surface area contributed by atoms with Gasteiger partial charge in [-0.2, -0.15) is 5.10 Å². The monoisotopic (exact) mass is 509 g/mol. The maximum absolute atomic E-state index is 15.6. The summed E-state index contributed by atoms with van der Waals surface area (Å²) in [6, 6.07) is 5.18. The Hall–Kier alpha value is -3.72. The lowest BCUT2D eigenvalue weighted by molar-refractivity contribution is 0.223. The number of hydrogen-bond acceptors (Lipinski definition) is 6. The summed E-state index contributed by atoms with van der Waals surface area (Å²) in [6.07, 6.45) is 7.98. The lowest BCUT2D eigenvalue weighted by atomic mass is 10.0. The van der Waals surface area contributed by atoms with Crippen molar-refractivity contribution in [3.63, 3.8) is 0 Å². The van der Waals surface area contributed by atoms with Gasteiger partial charge < -0.3 is 14.4 Å². The number of anilines is 2. The van der Waals surface area contributed by atoms with Crippen LogP contribution in [0.2, 0.25) is 0 Å². The third-order valence-electron chi connectivity index (χ3n) is 6.64. The van der Waals surface area contributed by atoms with Gasteiger partial charge in [0.2, 0.25) is 0 Å². The molecule has 0 N–H and O–H groups in total. The first-order valence-corrected chi connectivity index (χ1v) is 12.2. The molecule has 0 unspecified atom stereocenters. The van der Waals surface area contributed by atoms with Crippen molar-refractivity contribution in [2.75, 3.05) is 32.2 Å². The zero-order chi connectivity index (χ0) is 26.7. The molecule has 0 saturated heterocycles. The first-order chi connectivity index (χ1) is 17.8. The summed E-state index contributed by atoms with van der Waals surface area (Å²) >= 11 is 0. The Morgan fingerprint density at radius 2 is 1.84 bits per heavy atom. The van der Waals surface area contributed by atoms with Gasteiger partial charge >= 0.3 is 0 Å². The minimum absolute atomic E-state index is 0.0830. The van der Waals surface area contributed by atoms with E-state index in [4.69, 9.17) is 14.5 Å². The normalized spacial score (nSPS) is 14.2. The van der Waals surface area contributed by atoms with E-state index in [9.17, 15) is 0 Å². The lowest BCUT2D eigenvalue weighted by Gasteiger charge is -2.28. The minimum atomic E-state index is -0.775. The number of aromatic nitrogens is 2. The van der Waals surface area contributed by atoms with Gasteiger partial charge in [0, 0.05) is 68.9 Å². The van der Waals surface area contributed by atoms with Crippen LogP contribution < -0.4 is 14.4 Å². The molecule has 0 fully saturated rings. The highest BCUT2D eigenvalue weighted by molar-refractivity contribution is 5.81. The predicted molar refractivity (Wildman–Crippen MR) is 144 cm³/mol. The summed E-state index contributed by atoms with van der Waals surface area (Å²) in [4.78, 5) is 8.66. The molecule has 0 amide bonds. The fourth-order valence-electron chi connectivity index (χ4n) is 4.64. The van der Waals surface area contributed by atoms with Crippen LogP contribution in [0.25, 0.3) is 6.08 Å². The van der Waals surface area contributed by atoms with E-state index in [2.05, 4.69) is 30.4 Å². The van der Waals surface area contributed by atoms with E-state index >= 15 is 8.78 Å². The third kappa shape index (κ3) is 5.22. The Labute approximate surface area is 216 Å². The van der Waals surface area contributed by atoms with Crippen LogP contribution in [0.3, 0.4) is 0 Å². The molecule has 0 radical (unpaired) electrons. The molecule has 7 nitrogen and oxygen atoms in total. The maximum atomic E-state index is 15.6. The van der Waals surface area contributed by atoms with Crippen molar-refractivity contribution in [2.24, 2.45) is 12.0 Å². The van der Waals surface area contributed by atoms with Crippen LogP contribution in [0.15, 0.2) is 42.2 Å². The Bertz CT molecular complexity index is 1290. The number of aryl methyl sites for hydroxylation is 1. The molecular weight excluding hydrogens is 476 g/mol. The summed E-state index contributed by atoms with van der Waals surface area (Å²) in [5.74, 6) is -1.72. The van der Waals surface area contributed by atoms with Gasteiger partial charge in [0.25, 0.3) is 0 Å². The van der Waals surface area contributed by atoms with Crippen LogP contribution in [0.1, 0.15) is 30.5 Å². The number of rotatable bonds is 8. The van der Waals surface area contributed by atoms with Crippen molar-refractivity contribution < 1.29 is 18.3 Å². The molecule has 196 valence electrons. The molecule has 3 aromatic rings. The molecule has 1 aliphatic rings. The summed E-state index contributed by atoms with van der Waals surface area (Å²) in [5, 5.41) is 4.19. The van der Waals surface area contributed by atoms with Crippen LogP contribution in [-0.2, 0) is 20.0 Å². The molecule has 37 heavy (non-hydrogen) atoms. The van der Waals surface area contributed by atoms with Crippen molar-refractivity contribution in [1.82, 2.24) is 14.7 Å². The van der Waals surface area contributed by atoms with E-state index in [1.54, 1.807) is 21.9 Å². The van der Waals surface area contributed by atoms with Crippen molar-refractivity contribution in [1.29, 1.82) is 0 Å². The van der Waals surface area contributed by atoms with Crippen molar-refractivity contribution in [3.8, 4) is 11.5 Å². The highest BCUT2D eigenvalue weighted by Crippen LogP contribution is 2.44. The first kappa shape index (κ1) is 26.3. The second-order valence-electron chi connectivity index (χ2n) is 9.21. The third-order valence-corrected chi connectivity index (χ3v) is 6.64. The average Bonchev–Trinajstić information content (AvgIpc) is 3.19. The van der Waals surface area contributed by atoms with Gasteiger partial charge in [0.1, 0.15) is 5.69 Å². The second-order valence-corrected chi connectivity index (χ2v) is 9.21. The molecule has 1 aromatic heterocycles. The summed E-state index contributed by atoms with van der Waals surface area (Å²) in [6.45, 7) is 9.81. The number of fused-ring (bicyclic) bond motifs is 1. The number of hydrogen-bond donors (Lipinski definition) is 0. The highest BCUT2D eigenvalue weighted by Gasteiger charge is 2.31. The van der Waals surface area contributed by atoms with Crippen LogP contribution >= 0.6 is 0 Å². The molecule has 4 rings (SSSR count). The zero-order valence-electron chi connectivity index (χ0n) is 22.0. The molecular formula is C28H33F2N5O2. The summed E-state index contributed by atoms with van der Waals surface area (Å²) in [7, 11) is 4.57. The smallest absolute Gasteiger partial charge is 0.191 e. The quantitative estimate of drug-likeness (QED) is 0.367. The number of aliphatic imine (C=N–C) groups is 1. The van der Waals surface area contributed by atoms with Crippen LogP contribution in [-0.4, -0.2) is 54.2 Å². The van der Waals surface area contributed by atoms with Crippen LogP contribution in [0, 0.1) is 11.6 Å². The largest absolute Gasteiger partial charge is 0.493 e. The van der Waals surface area contributed by atoms with Crippen molar-refractivity contribution >= 4 is 29.4 Å². The number of halogens is 2. The Morgan fingerprint density at radius 3 is 2.41 bits per heavy atom. The maximum Gasteiger partial charge on any atom is 0.191 e. The number of ether oxygens (including phenoxy) is 2. The number of methoxy groups -OCH3 is 2. The van der Waals surface area contributed by atoms with Crippen LogP contribution in [0.5, 0.6) is 11.5 Å². The first-order valence-electron chi connectivity index (χ1n) is 12.2. The number of benzene rings is 2. The molecule has 0 aliphatic carbocycles. The summed E-state index contributed by atoms with van der Waals surface area (Å²) in [5.41, 5.74) is 4.01. The van der Waals surface area contributed by atoms with E-state index < -0.39 is 11.6 Å². The Kier molecular flexibility index (Phi) is 7.92. The lowest BCUT2D eigenvalue weighted by Crippen LogP contribution is -2.34. The van der Waals surface area contributed by atoms with Gasteiger partial charge in [-0.3, -0.25) is 14.6 Å². The van der Waals surface area contributed by atoms with E-state index in [1.807, 2.05) is 31.6 Å². The fraction of sp³-hybridized carbons (Fsp3) is 0.357. The minimum Gasteiger partial charge on any atom is -0.493 e. The zero-order valence-corrected chi connectivity index (χ0v) is 22.0. The van der Waals surface area contributed by atoms with E-state index in [1.165, 1.54) is 20.3 Å². The number of nitrogens with zero attached hydrogens (tertiary/aromatic N) is 5. The van der Waals surface area contributed by atoms with Gasteiger partial charge in [-0.15, -0.1) is 0 Å². The predicted octanol–water partition coefficient (Wildman–Crippen LogP) is 5.67. The van der Waals surface area contributed by atoms with E-state index in [-0.39, 0.29) is 23.2 Å². The topological polar surface area (TPSA) is 55.1 Å². The molecule has 0 spiro atoms. The van der Waals surface area contributed by atoms with Gasteiger partial charge in [-0.05, 0) is 37.1 Å². The van der Waals surface area contributed by atoms with Gasteiger partial charge in [0.15, 0.2) is 23.1 Å². The van der Waals surface area contributed by atoms with Gasteiger partial charge in [-0.1, -0.05) is 12.7 Å². The standard InChI is InChI=1S/C28H33F2N5O2/c1-7-20-21-17-34(18(2)3)12-13-35(28-26(29)24(36-5)14-25(37-6)27(28)30)23(21)9-8-22(20)31-11-10-19-15-32-33(4)16-19/h7-9,11,14-16,18H,1,10,12-13,17H2,2-6H3. The molecule has 0 bridgehead atoms. The van der Waals surface area contributed by atoms with Crippen molar-refractivity contribution in [3.05, 3.63) is 65.5 Å². The Morgan fingerprint density at radius 1 is 1.14 bits per heavy atom. The fourth-order valence-corrected chi connectivity index (χ4v) is 4.64. The van der Waals surface area contributed by atoms with Crippen LogP contribution in [0.4, 0.5) is 25.8 Å². The Balaban J connectivity index is 1.84. The van der Waals surface area contributed by atoms with Gasteiger partial charge in [0.05, 0.1) is 26.1 Å². The molecule has 2 heterocycles. The average molecular weight is 510 g/mol. The SMILES string of the molecule is C=Cc1c(N=CCc2cnn(C)c2)ccc2c1CN(C(C)C)CCN2c1c(F)c(OC)cc(OC)c1F. The van der Waals surface area contributed by atoms with E-state index in [0.717, 1.165) is 22.4 Å². The molecule has 1 aliphatic heterocycles. The van der Waals surface area contributed by atoms with Gasteiger partial charge in [-0.25, -0.2) is 8.78 Å². The molecule has 2 aromatic carbocycles. The molecule has 0 atom stereocenters. The van der Waals surface area contributed by atoms with E-state index in [0.29, 0.717) is 31.7 Å². The molecule has 0 saturated carbocycles. The highest BCUT2D eigenvalue weighted by atomic mass is 19.1. The summed E-state index contributed by atoms with van der Waals surface area (Å²) < 4.78 is 43.3. The second kappa shape index (κ2) is 11.1. The van der Waals surface area contributed by atoms with Crippen molar-refractivity contribution in [2.45, 2.75) is 32.9 Å². The molecule has 9 heteroatoms.